The summed E-state index contributed by atoms with van der Waals surface area (Å²) in [6, 6.07) is 5.35. The minimum absolute atomic E-state index is 0.398. The zero-order valence-corrected chi connectivity index (χ0v) is 12.4. The number of furan rings is 1. The monoisotopic (exact) mass is 300 g/mol. The van der Waals surface area contributed by atoms with Gasteiger partial charge in [-0.05, 0) is 24.6 Å². The van der Waals surface area contributed by atoms with Crippen LogP contribution >= 0.6 is 23.2 Å². The van der Waals surface area contributed by atoms with Crippen LogP contribution in [-0.4, -0.2) is 14.2 Å². The second-order valence-electron chi connectivity index (χ2n) is 4.08. The van der Waals surface area contributed by atoms with Crippen molar-refractivity contribution in [3.8, 4) is 11.5 Å². The standard InChI is InChI=1S/C14H14Cl2O3/c1-8-4-9(7-19-8)14(16)10-5-12(17-2)13(18-3)6-11(10)15/h4-7,14H,1-3H3. The van der Waals surface area contributed by atoms with E-state index in [0.29, 0.717) is 16.5 Å². The molecule has 0 bridgehead atoms. The first-order chi connectivity index (χ1) is 9.06. The van der Waals surface area contributed by atoms with Gasteiger partial charge in [-0.2, -0.15) is 0 Å². The van der Waals surface area contributed by atoms with Gasteiger partial charge in [0.25, 0.3) is 0 Å². The van der Waals surface area contributed by atoms with E-state index in [1.54, 1.807) is 32.6 Å². The average molecular weight is 301 g/mol. The van der Waals surface area contributed by atoms with Gasteiger partial charge in [0, 0.05) is 16.7 Å². The summed E-state index contributed by atoms with van der Waals surface area (Å²) < 4.78 is 15.7. The lowest BCUT2D eigenvalue weighted by molar-refractivity contribution is 0.354. The van der Waals surface area contributed by atoms with E-state index in [0.717, 1.165) is 16.9 Å². The zero-order valence-electron chi connectivity index (χ0n) is 10.9. The van der Waals surface area contributed by atoms with E-state index in [9.17, 15) is 0 Å². The fourth-order valence-electron chi connectivity index (χ4n) is 1.84. The van der Waals surface area contributed by atoms with Crippen LogP contribution in [0.15, 0.2) is 28.9 Å². The number of alkyl halides is 1. The van der Waals surface area contributed by atoms with Gasteiger partial charge in [-0.25, -0.2) is 0 Å². The molecule has 0 saturated heterocycles. The molecule has 2 aromatic rings. The van der Waals surface area contributed by atoms with E-state index in [1.807, 2.05) is 13.0 Å². The molecule has 3 nitrogen and oxygen atoms in total. The molecule has 2 rings (SSSR count). The highest BCUT2D eigenvalue weighted by Gasteiger charge is 2.19. The SMILES string of the molecule is COc1cc(Cl)c(C(Cl)c2coc(C)c2)cc1OC. The molecule has 1 unspecified atom stereocenters. The van der Waals surface area contributed by atoms with Gasteiger partial charge in [0.05, 0.1) is 25.9 Å². The number of methoxy groups -OCH3 is 2. The third-order valence-corrected chi connectivity index (χ3v) is 3.63. The number of ether oxygens (including phenoxy) is 2. The second-order valence-corrected chi connectivity index (χ2v) is 4.93. The van der Waals surface area contributed by atoms with Gasteiger partial charge in [0.2, 0.25) is 0 Å². The lowest BCUT2D eigenvalue weighted by Crippen LogP contribution is -1.97. The maximum atomic E-state index is 6.43. The molecule has 0 aliphatic heterocycles. The van der Waals surface area contributed by atoms with Crippen LogP contribution in [0.5, 0.6) is 11.5 Å². The summed E-state index contributed by atoms with van der Waals surface area (Å²) in [7, 11) is 3.13. The molecule has 0 amide bonds. The van der Waals surface area contributed by atoms with Gasteiger partial charge >= 0.3 is 0 Å². The van der Waals surface area contributed by atoms with Crippen molar-refractivity contribution in [2.75, 3.05) is 14.2 Å². The van der Waals surface area contributed by atoms with Crippen molar-refractivity contribution in [2.24, 2.45) is 0 Å². The van der Waals surface area contributed by atoms with Crippen molar-refractivity contribution in [1.82, 2.24) is 0 Å². The minimum Gasteiger partial charge on any atom is -0.493 e. The Labute approximate surface area is 122 Å². The summed E-state index contributed by atoms with van der Waals surface area (Å²) in [5.74, 6) is 1.97. The van der Waals surface area contributed by atoms with Crippen molar-refractivity contribution in [2.45, 2.75) is 12.3 Å². The van der Waals surface area contributed by atoms with Crippen LogP contribution in [0, 0.1) is 6.92 Å². The molecule has 19 heavy (non-hydrogen) atoms. The Morgan fingerprint density at radius 2 is 1.74 bits per heavy atom. The van der Waals surface area contributed by atoms with Gasteiger partial charge in [0.15, 0.2) is 11.5 Å². The molecule has 0 saturated carbocycles. The van der Waals surface area contributed by atoms with Gasteiger partial charge in [-0.1, -0.05) is 11.6 Å². The number of hydrogen-bond acceptors (Lipinski definition) is 3. The summed E-state index contributed by atoms with van der Waals surface area (Å²) in [6.07, 6.45) is 1.63. The van der Waals surface area contributed by atoms with E-state index < -0.39 is 5.38 Å². The summed E-state index contributed by atoms with van der Waals surface area (Å²) in [5.41, 5.74) is 1.61. The molecule has 1 aromatic carbocycles. The normalized spacial score (nSPS) is 12.3. The third-order valence-electron chi connectivity index (χ3n) is 2.82. The number of aryl methyl sites for hydroxylation is 1. The molecule has 1 heterocycles. The molecular formula is C14H14Cl2O3. The van der Waals surface area contributed by atoms with E-state index in [1.165, 1.54) is 0 Å². The van der Waals surface area contributed by atoms with E-state index in [-0.39, 0.29) is 0 Å². The summed E-state index contributed by atoms with van der Waals surface area (Å²) in [6.45, 7) is 1.86. The average Bonchev–Trinajstić information content (AvgIpc) is 2.84. The summed E-state index contributed by atoms with van der Waals surface area (Å²) in [5, 5.41) is 0.126. The lowest BCUT2D eigenvalue weighted by Gasteiger charge is -2.14. The Balaban J connectivity index is 2.44. The first kappa shape index (κ1) is 14.1. The molecule has 0 spiro atoms. The highest BCUT2D eigenvalue weighted by molar-refractivity contribution is 6.33. The van der Waals surface area contributed by atoms with Crippen molar-refractivity contribution >= 4 is 23.2 Å². The lowest BCUT2D eigenvalue weighted by atomic mass is 10.1. The third kappa shape index (κ3) is 2.82. The van der Waals surface area contributed by atoms with Crippen LogP contribution < -0.4 is 9.47 Å². The van der Waals surface area contributed by atoms with Crippen LogP contribution in [0.25, 0.3) is 0 Å². The van der Waals surface area contributed by atoms with Gasteiger partial charge in [-0.3, -0.25) is 0 Å². The van der Waals surface area contributed by atoms with Crippen LogP contribution in [0.4, 0.5) is 0 Å². The van der Waals surface area contributed by atoms with Crippen LogP contribution in [0.1, 0.15) is 22.3 Å². The Bertz CT molecular complexity index is 578. The van der Waals surface area contributed by atoms with E-state index in [2.05, 4.69) is 0 Å². The molecule has 5 heteroatoms. The smallest absolute Gasteiger partial charge is 0.162 e. The van der Waals surface area contributed by atoms with Gasteiger partial charge in [0.1, 0.15) is 5.76 Å². The predicted molar refractivity (Wildman–Crippen MR) is 75.7 cm³/mol. The van der Waals surface area contributed by atoms with Crippen molar-refractivity contribution in [3.63, 3.8) is 0 Å². The summed E-state index contributed by atoms with van der Waals surface area (Å²) >= 11 is 12.7. The number of rotatable bonds is 4. The maximum absolute atomic E-state index is 6.43. The molecule has 0 aliphatic rings. The fourth-order valence-corrected chi connectivity index (χ4v) is 2.45. The number of halogens is 2. The topological polar surface area (TPSA) is 31.6 Å². The minimum atomic E-state index is -0.398. The largest absolute Gasteiger partial charge is 0.493 e. The van der Waals surface area contributed by atoms with Crippen molar-refractivity contribution < 1.29 is 13.9 Å². The molecule has 0 aliphatic carbocycles. The van der Waals surface area contributed by atoms with Gasteiger partial charge < -0.3 is 13.9 Å². The molecular weight excluding hydrogens is 287 g/mol. The molecule has 102 valence electrons. The van der Waals surface area contributed by atoms with E-state index in [4.69, 9.17) is 37.1 Å². The van der Waals surface area contributed by atoms with E-state index >= 15 is 0 Å². The predicted octanol–water partition coefficient (Wildman–Crippen LogP) is 4.59. The Morgan fingerprint density at radius 1 is 1.11 bits per heavy atom. The molecule has 1 atom stereocenters. The molecule has 0 fully saturated rings. The maximum Gasteiger partial charge on any atom is 0.162 e. The molecule has 0 N–H and O–H groups in total. The highest BCUT2D eigenvalue weighted by Crippen LogP contribution is 2.40. The van der Waals surface area contributed by atoms with Gasteiger partial charge in [-0.15, -0.1) is 11.6 Å². The zero-order chi connectivity index (χ0) is 14.0. The Morgan fingerprint density at radius 3 is 2.26 bits per heavy atom. The first-order valence-corrected chi connectivity index (χ1v) is 6.48. The first-order valence-electron chi connectivity index (χ1n) is 5.67. The molecule has 1 aromatic heterocycles. The van der Waals surface area contributed by atoms with Crippen molar-refractivity contribution in [1.29, 1.82) is 0 Å². The Kier molecular flexibility index (Phi) is 4.27. The van der Waals surface area contributed by atoms with Crippen molar-refractivity contribution in [3.05, 3.63) is 46.4 Å². The summed E-state index contributed by atoms with van der Waals surface area (Å²) in [4.78, 5) is 0. The Hall–Kier alpha value is -1.32. The highest BCUT2D eigenvalue weighted by atomic mass is 35.5. The quantitative estimate of drug-likeness (QED) is 0.774. The fraction of sp³-hybridized carbons (Fsp3) is 0.286. The number of benzene rings is 1. The van der Waals surface area contributed by atoms with Crippen LogP contribution in [0.3, 0.4) is 0 Å². The molecule has 0 radical (unpaired) electrons. The van der Waals surface area contributed by atoms with Crippen LogP contribution in [0.2, 0.25) is 5.02 Å². The van der Waals surface area contributed by atoms with Crippen LogP contribution in [-0.2, 0) is 0 Å². The second kappa shape index (κ2) is 5.76. The number of hydrogen-bond donors (Lipinski definition) is 0.